The second kappa shape index (κ2) is 5.59. The normalized spacial score (nSPS) is 10.4. The summed E-state index contributed by atoms with van der Waals surface area (Å²) < 4.78 is 0. The third-order valence-corrected chi connectivity index (χ3v) is 2.55. The highest BCUT2D eigenvalue weighted by Crippen LogP contribution is 2.08. The smallest absolute Gasteiger partial charge is 0.227 e. The van der Waals surface area contributed by atoms with Crippen LogP contribution in [0.4, 0.5) is 5.95 Å². The van der Waals surface area contributed by atoms with Crippen LogP contribution in [-0.2, 0) is 12.8 Å². The van der Waals surface area contributed by atoms with Gasteiger partial charge in [0.1, 0.15) is 5.82 Å². The Morgan fingerprint density at radius 1 is 1.00 bits per heavy atom. The van der Waals surface area contributed by atoms with Crippen LogP contribution in [-0.4, -0.2) is 15.0 Å². The molecule has 1 aromatic heterocycles. The molecule has 0 atom stereocenters. The first-order valence-electron chi connectivity index (χ1n) is 5.44. The second-order valence-corrected chi connectivity index (χ2v) is 4.06. The van der Waals surface area contributed by atoms with Crippen molar-refractivity contribution in [3.8, 4) is 0 Å². The molecule has 88 valence electrons. The number of benzene rings is 1. The van der Waals surface area contributed by atoms with Gasteiger partial charge in [-0.1, -0.05) is 30.3 Å². The van der Waals surface area contributed by atoms with Crippen LogP contribution in [0.2, 0.25) is 5.28 Å². The summed E-state index contributed by atoms with van der Waals surface area (Å²) in [6.07, 6.45) is 2.70. The number of aromatic nitrogens is 3. The third kappa shape index (κ3) is 3.67. The van der Waals surface area contributed by atoms with Gasteiger partial charge in [-0.05, 0) is 30.0 Å². The van der Waals surface area contributed by atoms with Crippen LogP contribution in [0.1, 0.15) is 17.8 Å². The average molecular weight is 249 g/mol. The van der Waals surface area contributed by atoms with Gasteiger partial charge < -0.3 is 5.73 Å². The number of hydrogen-bond donors (Lipinski definition) is 1. The fourth-order valence-corrected chi connectivity index (χ4v) is 1.80. The number of anilines is 1. The van der Waals surface area contributed by atoms with Crippen LogP contribution in [0.3, 0.4) is 0 Å². The van der Waals surface area contributed by atoms with E-state index >= 15 is 0 Å². The Morgan fingerprint density at radius 3 is 2.47 bits per heavy atom. The maximum Gasteiger partial charge on any atom is 0.227 e. The van der Waals surface area contributed by atoms with E-state index in [9.17, 15) is 0 Å². The molecule has 2 aromatic rings. The van der Waals surface area contributed by atoms with Crippen molar-refractivity contribution >= 4 is 17.5 Å². The van der Waals surface area contributed by atoms with E-state index in [4.69, 9.17) is 17.3 Å². The van der Waals surface area contributed by atoms with Crippen molar-refractivity contribution in [3.05, 3.63) is 47.0 Å². The van der Waals surface area contributed by atoms with Gasteiger partial charge in [-0.15, -0.1) is 0 Å². The molecule has 0 fully saturated rings. The molecule has 0 spiro atoms. The van der Waals surface area contributed by atoms with Crippen molar-refractivity contribution in [2.75, 3.05) is 5.73 Å². The van der Waals surface area contributed by atoms with Crippen molar-refractivity contribution in [2.24, 2.45) is 0 Å². The van der Waals surface area contributed by atoms with E-state index in [0.717, 1.165) is 19.3 Å². The van der Waals surface area contributed by atoms with Gasteiger partial charge in [-0.2, -0.15) is 9.97 Å². The van der Waals surface area contributed by atoms with Crippen molar-refractivity contribution < 1.29 is 0 Å². The van der Waals surface area contributed by atoms with E-state index < -0.39 is 0 Å². The van der Waals surface area contributed by atoms with Crippen LogP contribution < -0.4 is 5.73 Å². The SMILES string of the molecule is Nc1nc(Cl)nc(CCCc2ccccc2)n1. The molecule has 5 heteroatoms. The van der Waals surface area contributed by atoms with Crippen molar-refractivity contribution in [1.29, 1.82) is 0 Å². The largest absolute Gasteiger partial charge is 0.368 e. The molecule has 0 aliphatic heterocycles. The molecule has 0 amide bonds. The minimum absolute atomic E-state index is 0.159. The van der Waals surface area contributed by atoms with Gasteiger partial charge in [-0.3, -0.25) is 0 Å². The lowest BCUT2D eigenvalue weighted by Gasteiger charge is -2.02. The lowest BCUT2D eigenvalue weighted by Crippen LogP contribution is -2.03. The zero-order valence-corrected chi connectivity index (χ0v) is 10.1. The highest BCUT2D eigenvalue weighted by atomic mass is 35.5. The number of halogens is 1. The van der Waals surface area contributed by atoms with Crippen LogP contribution in [0.5, 0.6) is 0 Å². The van der Waals surface area contributed by atoms with E-state index in [0.29, 0.717) is 5.82 Å². The Bertz CT molecular complexity index is 467. The Morgan fingerprint density at radius 2 is 1.76 bits per heavy atom. The Labute approximate surface area is 105 Å². The molecule has 1 heterocycles. The molecule has 0 aliphatic rings. The van der Waals surface area contributed by atoms with E-state index in [2.05, 4.69) is 27.1 Å². The van der Waals surface area contributed by atoms with Crippen LogP contribution >= 0.6 is 11.6 Å². The summed E-state index contributed by atoms with van der Waals surface area (Å²) in [6, 6.07) is 10.3. The molecule has 0 radical (unpaired) electrons. The quantitative estimate of drug-likeness (QED) is 0.902. The number of nitrogen functional groups attached to an aromatic ring is 1. The average Bonchev–Trinajstić information content (AvgIpc) is 2.29. The predicted octanol–water partition coefficient (Wildman–Crippen LogP) is 2.28. The molecular formula is C12H13ClN4. The predicted molar refractivity (Wildman–Crippen MR) is 67.7 cm³/mol. The van der Waals surface area contributed by atoms with E-state index in [1.54, 1.807) is 0 Å². The first kappa shape index (κ1) is 11.8. The Kier molecular flexibility index (Phi) is 3.88. The van der Waals surface area contributed by atoms with Crippen LogP contribution in [0.15, 0.2) is 30.3 Å². The molecule has 0 saturated carbocycles. The summed E-state index contributed by atoms with van der Waals surface area (Å²) in [5.41, 5.74) is 6.80. The van der Waals surface area contributed by atoms with Crippen molar-refractivity contribution in [3.63, 3.8) is 0 Å². The highest BCUT2D eigenvalue weighted by Gasteiger charge is 2.02. The summed E-state index contributed by atoms with van der Waals surface area (Å²) in [7, 11) is 0. The molecule has 0 bridgehead atoms. The fraction of sp³-hybridized carbons (Fsp3) is 0.250. The molecule has 2 rings (SSSR count). The maximum atomic E-state index is 5.70. The number of aryl methyl sites for hydroxylation is 2. The number of nitrogens with two attached hydrogens (primary N) is 1. The lowest BCUT2D eigenvalue weighted by molar-refractivity contribution is 0.764. The highest BCUT2D eigenvalue weighted by molar-refractivity contribution is 6.28. The topological polar surface area (TPSA) is 64.7 Å². The monoisotopic (exact) mass is 248 g/mol. The van der Waals surface area contributed by atoms with Crippen molar-refractivity contribution in [1.82, 2.24) is 15.0 Å². The molecule has 2 N–H and O–H groups in total. The van der Waals surface area contributed by atoms with E-state index in [1.165, 1.54) is 5.56 Å². The number of rotatable bonds is 4. The molecule has 0 saturated heterocycles. The lowest BCUT2D eigenvalue weighted by atomic mass is 10.1. The molecule has 0 aliphatic carbocycles. The second-order valence-electron chi connectivity index (χ2n) is 3.72. The molecule has 1 aromatic carbocycles. The molecule has 4 nitrogen and oxygen atoms in total. The number of nitrogens with zero attached hydrogens (tertiary/aromatic N) is 3. The zero-order chi connectivity index (χ0) is 12.1. The van der Waals surface area contributed by atoms with E-state index in [-0.39, 0.29) is 11.2 Å². The minimum atomic E-state index is 0.159. The Hall–Kier alpha value is -1.68. The van der Waals surface area contributed by atoms with Crippen LogP contribution in [0.25, 0.3) is 0 Å². The Balaban J connectivity index is 1.90. The van der Waals surface area contributed by atoms with Gasteiger partial charge in [0.05, 0.1) is 0 Å². The standard InChI is InChI=1S/C12H13ClN4/c13-11-15-10(16-12(14)17-11)8-4-7-9-5-2-1-3-6-9/h1-3,5-6H,4,7-8H2,(H2,14,15,16,17). The van der Waals surface area contributed by atoms with Gasteiger partial charge in [0, 0.05) is 6.42 Å². The van der Waals surface area contributed by atoms with E-state index in [1.807, 2.05) is 18.2 Å². The molecule has 0 unspecified atom stereocenters. The van der Waals surface area contributed by atoms with Crippen molar-refractivity contribution in [2.45, 2.75) is 19.3 Å². The van der Waals surface area contributed by atoms with Gasteiger partial charge in [0.25, 0.3) is 0 Å². The summed E-state index contributed by atoms with van der Waals surface area (Å²) in [6.45, 7) is 0. The third-order valence-electron chi connectivity index (χ3n) is 2.38. The minimum Gasteiger partial charge on any atom is -0.368 e. The van der Waals surface area contributed by atoms with Gasteiger partial charge in [0.15, 0.2) is 0 Å². The van der Waals surface area contributed by atoms with Gasteiger partial charge in [-0.25, -0.2) is 4.98 Å². The molecular weight excluding hydrogens is 236 g/mol. The summed E-state index contributed by atoms with van der Waals surface area (Å²) in [5.74, 6) is 0.832. The van der Waals surface area contributed by atoms with Gasteiger partial charge in [0.2, 0.25) is 11.2 Å². The van der Waals surface area contributed by atoms with Gasteiger partial charge >= 0.3 is 0 Å². The first-order valence-corrected chi connectivity index (χ1v) is 5.82. The molecule has 17 heavy (non-hydrogen) atoms. The zero-order valence-electron chi connectivity index (χ0n) is 9.31. The fourth-order valence-electron chi connectivity index (χ4n) is 1.62. The maximum absolute atomic E-state index is 5.70. The summed E-state index contributed by atoms with van der Waals surface area (Å²) >= 11 is 5.70. The first-order chi connectivity index (χ1) is 8.24. The van der Waals surface area contributed by atoms with Crippen LogP contribution in [0, 0.1) is 0 Å². The summed E-state index contributed by atoms with van der Waals surface area (Å²) in [5, 5.41) is 0.159. The summed E-state index contributed by atoms with van der Waals surface area (Å²) in [4.78, 5) is 11.8. The number of hydrogen-bond acceptors (Lipinski definition) is 4.